The summed E-state index contributed by atoms with van der Waals surface area (Å²) in [6.07, 6.45) is 0. The minimum absolute atomic E-state index is 0.00878. The lowest BCUT2D eigenvalue weighted by Crippen LogP contribution is -2.30. The van der Waals surface area contributed by atoms with E-state index in [4.69, 9.17) is 15.2 Å². The highest BCUT2D eigenvalue weighted by Gasteiger charge is 2.17. The Morgan fingerprint density at radius 1 is 1.21 bits per heavy atom. The zero-order chi connectivity index (χ0) is 17.9. The topological polar surface area (TPSA) is 110 Å². The molecule has 0 heterocycles. The number of ether oxygens (including phenoxy) is 2. The number of carbonyl (C=O) groups excluding carboxylic acids is 1. The molecular formula is C15H21N5O3S. The van der Waals surface area contributed by atoms with Crippen LogP contribution < -0.4 is 21.3 Å². The minimum atomic E-state index is -0.609. The second-order valence-electron chi connectivity index (χ2n) is 4.42. The number of rotatable bonds is 8. The van der Waals surface area contributed by atoms with Crippen LogP contribution in [0.3, 0.4) is 0 Å². The first-order valence-electron chi connectivity index (χ1n) is 7.31. The van der Waals surface area contributed by atoms with E-state index in [-0.39, 0.29) is 23.1 Å². The molecule has 24 heavy (non-hydrogen) atoms. The van der Waals surface area contributed by atoms with Crippen molar-refractivity contribution >= 4 is 40.4 Å². The van der Waals surface area contributed by atoms with Crippen LogP contribution in [0.1, 0.15) is 20.8 Å². The molecule has 0 fully saturated rings. The summed E-state index contributed by atoms with van der Waals surface area (Å²) in [5, 5.41) is 7.93. The Morgan fingerprint density at radius 3 is 2.42 bits per heavy atom. The van der Waals surface area contributed by atoms with Crippen molar-refractivity contribution in [3.05, 3.63) is 24.3 Å². The van der Waals surface area contributed by atoms with Crippen LogP contribution in [0.2, 0.25) is 0 Å². The van der Waals surface area contributed by atoms with Gasteiger partial charge in [-0.3, -0.25) is 10.9 Å². The van der Waals surface area contributed by atoms with Crippen molar-refractivity contribution in [3.63, 3.8) is 0 Å². The molecule has 4 N–H and O–H groups in total. The molecule has 9 heteroatoms. The van der Waals surface area contributed by atoms with Gasteiger partial charge in [0.25, 0.3) is 0 Å². The second kappa shape index (κ2) is 10.2. The van der Waals surface area contributed by atoms with Crippen LogP contribution in [-0.4, -0.2) is 35.7 Å². The Balaban J connectivity index is 2.92. The fraction of sp³-hybridized carbons (Fsp3) is 0.333. The van der Waals surface area contributed by atoms with E-state index in [9.17, 15) is 4.79 Å². The molecule has 1 aromatic rings. The first-order chi connectivity index (χ1) is 11.5. The van der Waals surface area contributed by atoms with Crippen LogP contribution >= 0.6 is 12.2 Å². The van der Waals surface area contributed by atoms with Crippen LogP contribution in [0.4, 0.5) is 5.69 Å². The van der Waals surface area contributed by atoms with Gasteiger partial charge in [0.05, 0.1) is 24.6 Å². The van der Waals surface area contributed by atoms with E-state index in [0.717, 1.165) is 5.75 Å². The Labute approximate surface area is 146 Å². The van der Waals surface area contributed by atoms with Crippen LogP contribution in [0, 0.1) is 0 Å². The lowest BCUT2D eigenvalue weighted by molar-refractivity contribution is -0.134. The maximum absolute atomic E-state index is 12.0. The fourth-order valence-electron chi connectivity index (χ4n) is 1.58. The van der Waals surface area contributed by atoms with Gasteiger partial charge in [-0.1, -0.05) is 0 Å². The zero-order valence-electron chi connectivity index (χ0n) is 13.8. The zero-order valence-corrected chi connectivity index (χ0v) is 14.6. The fourth-order valence-corrected chi connectivity index (χ4v) is 1.62. The molecule has 1 rings (SSSR count). The van der Waals surface area contributed by atoms with Crippen LogP contribution in [-0.2, 0) is 9.53 Å². The van der Waals surface area contributed by atoms with Crippen LogP contribution in [0.25, 0.3) is 0 Å². The minimum Gasteiger partial charge on any atom is -0.494 e. The van der Waals surface area contributed by atoms with Crippen molar-refractivity contribution in [2.75, 3.05) is 18.6 Å². The summed E-state index contributed by atoms with van der Waals surface area (Å²) in [5.41, 5.74) is 11.5. The molecule has 8 nitrogen and oxygen atoms in total. The molecule has 0 aliphatic rings. The molecule has 0 radical (unpaired) electrons. The van der Waals surface area contributed by atoms with Crippen molar-refractivity contribution < 1.29 is 14.3 Å². The molecule has 0 saturated carbocycles. The standard InChI is InChI=1S/C15H21N5O3S/c1-4-22-12-8-6-11(7-9-12)18-19-13(14(21)23-5-2)10(3)17-20-15(16)24/h6-9,18H,4-5H2,1-3H3,(H3,16,20,24)/b17-10-,19-13-. The summed E-state index contributed by atoms with van der Waals surface area (Å²) in [6, 6.07) is 7.13. The number of anilines is 1. The SMILES string of the molecule is CCOC(=O)C(=N\Nc1ccc(OCC)cc1)/C(C)=N\NC(N)=S. The first-order valence-corrected chi connectivity index (χ1v) is 7.72. The molecule has 1 aromatic carbocycles. The Kier molecular flexibility index (Phi) is 8.20. The number of thiocarbonyl (C=S) groups is 1. The van der Waals surface area contributed by atoms with E-state index in [1.54, 1.807) is 38.1 Å². The Morgan fingerprint density at radius 2 is 1.88 bits per heavy atom. The molecule has 0 atom stereocenters. The van der Waals surface area contributed by atoms with Gasteiger partial charge in [-0.15, -0.1) is 0 Å². The van der Waals surface area contributed by atoms with E-state index in [1.807, 2.05) is 6.92 Å². The average Bonchev–Trinajstić information content (AvgIpc) is 2.55. The monoisotopic (exact) mass is 351 g/mol. The third kappa shape index (κ3) is 6.61. The lowest BCUT2D eigenvalue weighted by Gasteiger charge is -2.08. The van der Waals surface area contributed by atoms with Gasteiger partial charge in [0.15, 0.2) is 10.8 Å². The molecule has 0 unspecified atom stereocenters. The number of carbonyl (C=O) groups is 1. The predicted octanol–water partition coefficient (Wildman–Crippen LogP) is 1.63. The maximum Gasteiger partial charge on any atom is 0.360 e. The molecule has 0 saturated heterocycles. The molecule has 0 spiro atoms. The van der Waals surface area contributed by atoms with E-state index in [2.05, 4.69) is 33.3 Å². The molecule has 0 aromatic heterocycles. The number of benzene rings is 1. The van der Waals surface area contributed by atoms with E-state index in [0.29, 0.717) is 12.3 Å². The van der Waals surface area contributed by atoms with Gasteiger partial charge in [-0.25, -0.2) is 4.79 Å². The van der Waals surface area contributed by atoms with Crippen molar-refractivity contribution in [2.24, 2.45) is 15.9 Å². The van der Waals surface area contributed by atoms with Crippen molar-refractivity contribution in [1.29, 1.82) is 0 Å². The van der Waals surface area contributed by atoms with Crippen LogP contribution in [0.5, 0.6) is 5.75 Å². The summed E-state index contributed by atoms with van der Waals surface area (Å²) in [4.78, 5) is 12.0. The number of nitrogens with two attached hydrogens (primary N) is 1. The molecule has 0 aliphatic carbocycles. The highest BCUT2D eigenvalue weighted by molar-refractivity contribution is 7.80. The largest absolute Gasteiger partial charge is 0.494 e. The van der Waals surface area contributed by atoms with Gasteiger partial charge in [0.1, 0.15) is 5.75 Å². The number of nitrogens with zero attached hydrogens (tertiary/aromatic N) is 2. The molecular weight excluding hydrogens is 330 g/mol. The van der Waals surface area contributed by atoms with Gasteiger partial charge in [0, 0.05) is 0 Å². The van der Waals surface area contributed by atoms with E-state index >= 15 is 0 Å². The summed E-state index contributed by atoms with van der Waals surface area (Å²) in [7, 11) is 0. The van der Waals surface area contributed by atoms with Crippen LogP contribution in [0.15, 0.2) is 34.5 Å². The predicted molar refractivity (Wildman–Crippen MR) is 98.3 cm³/mol. The number of esters is 1. The number of hydrogen-bond acceptors (Lipinski definition) is 7. The molecule has 0 amide bonds. The summed E-state index contributed by atoms with van der Waals surface area (Å²) < 4.78 is 10.3. The summed E-state index contributed by atoms with van der Waals surface area (Å²) >= 11 is 4.67. The highest BCUT2D eigenvalue weighted by atomic mass is 32.1. The van der Waals surface area contributed by atoms with Gasteiger partial charge < -0.3 is 15.2 Å². The molecule has 0 aliphatic heterocycles. The third-order valence-corrected chi connectivity index (χ3v) is 2.70. The summed E-state index contributed by atoms with van der Waals surface area (Å²) in [5.74, 6) is 0.137. The van der Waals surface area contributed by atoms with E-state index in [1.165, 1.54) is 0 Å². The maximum atomic E-state index is 12.0. The Hall–Kier alpha value is -2.68. The number of nitrogens with one attached hydrogen (secondary N) is 2. The smallest absolute Gasteiger partial charge is 0.360 e. The van der Waals surface area contributed by atoms with Gasteiger partial charge >= 0.3 is 5.97 Å². The van der Waals surface area contributed by atoms with Gasteiger partial charge in [0.2, 0.25) is 0 Å². The van der Waals surface area contributed by atoms with Gasteiger partial charge in [-0.2, -0.15) is 10.2 Å². The first kappa shape index (κ1) is 19.4. The van der Waals surface area contributed by atoms with Gasteiger partial charge in [-0.05, 0) is 57.3 Å². The Bertz CT molecular complexity index is 629. The highest BCUT2D eigenvalue weighted by Crippen LogP contribution is 2.15. The second-order valence-corrected chi connectivity index (χ2v) is 4.86. The van der Waals surface area contributed by atoms with E-state index < -0.39 is 5.97 Å². The average molecular weight is 351 g/mol. The number of hydrogen-bond donors (Lipinski definition) is 3. The quantitative estimate of drug-likeness (QED) is 0.282. The lowest BCUT2D eigenvalue weighted by atomic mass is 10.2. The molecule has 130 valence electrons. The van der Waals surface area contributed by atoms with Crippen molar-refractivity contribution in [2.45, 2.75) is 20.8 Å². The summed E-state index contributed by atoms with van der Waals surface area (Å²) in [6.45, 7) is 6.00. The third-order valence-electron chi connectivity index (χ3n) is 2.61. The van der Waals surface area contributed by atoms with Crippen molar-refractivity contribution in [1.82, 2.24) is 5.43 Å². The van der Waals surface area contributed by atoms with Crippen molar-refractivity contribution in [3.8, 4) is 5.75 Å². The molecule has 0 bridgehead atoms. The number of hydrazone groups is 2. The normalized spacial score (nSPS) is 11.6.